The first kappa shape index (κ1) is 19.2. The van der Waals surface area contributed by atoms with Gasteiger partial charge >= 0.3 is 0 Å². The summed E-state index contributed by atoms with van der Waals surface area (Å²) < 4.78 is 13.9. The van der Waals surface area contributed by atoms with Gasteiger partial charge in [0.1, 0.15) is 5.82 Å². The zero-order valence-electron chi connectivity index (χ0n) is 14.5. The highest BCUT2D eigenvalue weighted by Crippen LogP contribution is 2.24. The fourth-order valence-electron chi connectivity index (χ4n) is 3.07. The minimum Gasteiger partial charge on any atom is -0.356 e. The highest BCUT2D eigenvalue weighted by Gasteiger charge is 2.26. The molecule has 2 rings (SSSR count). The molecule has 0 aromatic heterocycles. The maximum Gasteiger partial charge on any atom is 0.224 e. The second kappa shape index (κ2) is 9.35. The SMILES string of the molecule is CN(C)CCCNC(=O)C1CCCN(Cc2c(F)cccc2Cl)C1. The van der Waals surface area contributed by atoms with E-state index in [0.29, 0.717) is 30.2 Å². The Morgan fingerprint density at radius 2 is 2.25 bits per heavy atom. The summed E-state index contributed by atoms with van der Waals surface area (Å²) >= 11 is 6.11. The van der Waals surface area contributed by atoms with Crippen LogP contribution in [0.4, 0.5) is 4.39 Å². The lowest BCUT2D eigenvalue weighted by molar-refractivity contribution is -0.126. The van der Waals surface area contributed by atoms with Crippen LogP contribution in [0.3, 0.4) is 0 Å². The van der Waals surface area contributed by atoms with E-state index in [0.717, 1.165) is 32.4 Å². The number of piperidine rings is 1. The van der Waals surface area contributed by atoms with Crippen LogP contribution >= 0.6 is 11.6 Å². The Morgan fingerprint density at radius 3 is 2.96 bits per heavy atom. The molecule has 1 heterocycles. The Kier molecular flexibility index (Phi) is 7.46. The van der Waals surface area contributed by atoms with E-state index in [4.69, 9.17) is 11.6 Å². The number of carbonyl (C=O) groups excluding carboxylic acids is 1. The highest BCUT2D eigenvalue weighted by molar-refractivity contribution is 6.31. The minimum absolute atomic E-state index is 0.0244. The van der Waals surface area contributed by atoms with Gasteiger partial charge in [0.25, 0.3) is 0 Å². The van der Waals surface area contributed by atoms with Gasteiger partial charge in [0, 0.05) is 30.2 Å². The standard InChI is InChI=1S/C18H27ClFN3O/c1-22(2)10-5-9-21-18(24)14-6-4-11-23(12-14)13-15-16(19)7-3-8-17(15)20/h3,7-8,14H,4-6,9-13H2,1-2H3,(H,21,24). The van der Waals surface area contributed by atoms with Crippen LogP contribution in [0.15, 0.2) is 18.2 Å². The molecule has 4 nitrogen and oxygen atoms in total. The summed E-state index contributed by atoms with van der Waals surface area (Å²) in [5.41, 5.74) is 0.520. The molecular weight excluding hydrogens is 329 g/mol. The van der Waals surface area contributed by atoms with Crippen molar-refractivity contribution in [2.45, 2.75) is 25.8 Å². The summed E-state index contributed by atoms with van der Waals surface area (Å²) in [5.74, 6) is -0.195. The molecule has 1 aromatic carbocycles. The van der Waals surface area contributed by atoms with Gasteiger partial charge in [-0.2, -0.15) is 0 Å². The molecule has 24 heavy (non-hydrogen) atoms. The van der Waals surface area contributed by atoms with Gasteiger partial charge in [0.2, 0.25) is 5.91 Å². The first-order valence-electron chi connectivity index (χ1n) is 8.55. The number of hydrogen-bond donors (Lipinski definition) is 1. The summed E-state index contributed by atoms with van der Waals surface area (Å²) in [4.78, 5) is 16.5. The van der Waals surface area contributed by atoms with Gasteiger partial charge in [-0.1, -0.05) is 17.7 Å². The van der Waals surface area contributed by atoms with Crippen molar-refractivity contribution in [2.75, 3.05) is 40.3 Å². The predicted octanol–water partition coefficient (Wildman–Crippen LogP) is 2.76. The molecule has 1 saturated heterocycles. The van der Waals surface area contributed by atoms with E-state index < -0.39 is 0 Å². The van der Waals surface area contributed by atoms with Crippen molar-refractivity contribution in [1.82, 2.24) is 15.1 Å². The molecule has 0 spiro atoms. The van der Waals surface area contributed by atoms with Crippen LogP contribution < -0.4 is 5.32 Å². The molecule has 1 fully saturated rings. The van der Waals surface area contributed by atoms with Gasteiger partial charge in [0.05, 0.1) is 5.92 Å². The number of nitrogens with one attached hydrogen (secondary N) is 1. The third-order valence-electron chi connectivity index (χ3n) is 4.40. The summed E-state index contributed by atoms with van der Waals surface area (Å²) in [6, 6.07) is 4.75. The Bertz CT molecular complexity index is 533. The summed E-state index contributed by atoms with van der Waals surface area (Å²) in [6.07, 6.45) is 2.78. The van der Waals surface area contributed by atoms with Crippen molar-refractivity contribution < 1.29 is 9.18 Å². The van der Waals surface area contributed by atoms with Crippen LogP contribution in [-0.4, -0.2) is 56.0 Å². The minimum atomic E-state index is -0.280. The molecule has 0 radical (unpaired) electrons. The molecule has 1 amide bonds. The molecular formula is C18H27ClFN3O. The smallest absolute Gasteiger partial charge is 0.224 e. The number of benzene rings is 1. The van der Waals surface area contributed by atoms with E-state index in [9.17, 15) is 9.18 Å². The number of hydrogen-bond acceptors (Lipinski definition) is 3. The lowest BCUT2D eigenvalue weighted by Crippen LogP contribution is -2.43. The quantitative estimate of drug-likeness (QED) is 0.764. The molecule has 1 aromatic rings. The third kappa shape index (κ3) is 5.72. The van der Waals surface area contributed by atoms with Crippen LogP contribution in [0, 0.1) is 11.7 Å². The number of rotatable bonds is 7. The van der Waals surface area contributed by atoms with E-state index in [1.807, 2.05) is 14.1 Å². The van der Waals surface area contributed by atoms with Crippen molar-refractivity contribution >= 4 is 17.5 Å². The molecule has 1 aliphatic heterocycles. The predicted molar refractivity (Wildman–Crippen MR) is 95.6 cm³/mol. The van der Waals surface area contributed by atoms with Gasteiger partial charge < -0.3 is 10.2 Å². The van der Waals surface area contributed by atoms with E-state index in [1.165, 1.54) is 6.07 Å². The monoisotopic (exact) mass is 355 g/mol. The summed E-state index contributed by atoms with van der Waals surface area (Å²) in [6.45, 7) is 3.64. The molecule has 1 unspecified atom stereocenters. The zero-order chi connectivity index (χ0) is 17.5. The van der Waals surface area contributed by atoms with Crippen molar-refractivity contribution in [1.29, 1.82) is 0 Å². The molecule has 0 saturated carbocycles. The average molecular weight is 356 g/mol. The van der Waals surface area contributed by atoms with Crippen LogP contribution in [-0.2, 0) is 11.3 Å². The molecule has 0 bridgehead atoms. The van der Waals surface area contributed by atoms with Crippen LogP contribution in [0.2, 0.25) is 5.02 Å². The Morgan fingerprint density at radius 1 is 1.46 bits per heavy atom. The number of carbonyl (C=O) groups is 1. The van der Waals surface area contributed by atoms with Gasteiger partial charge in [-0.15, -0.1) is 0 Å². The molecule has 0 aliphatic carbocycles. The molecule has 6 heteroatoms. The number of halogens is 2. The van der Waals surface area contributed by atoms with Crippen molar-refractivity contribution in [2.24, 2.45) is 5.92 Å². The Labute approximate surface area is 149 Å². The maximum atomic E-state index is 13.9. The van der Waals surface area contributed by atoms with E-state index in [-0.39, 0.29) is 17.6 Å². The summed E-state index contributed by atoms with van der Waals surface area (Å²) in [7, 11) is 4.04. The van der Waals surface area contributed by atoms with Gasteiger partial charge in [0.15, 0.2) is 0 Å². The van der Waals surface area contributed by atoms with Gasteiger partial charge in [-0.05, 0) is 58.6 Å². The first-order chi connectivity index (χ1) is 11.5. The van der Waals surface area contributed by atoms with E-state index >= 15 is 0 Å². The fourth-order valence-corrected chi connectivity index (χ4v) is 3.29. The van der Waals surface area contributed by atoms with Gasteiger partial charge in [-0.25, -0.2) is 4.39 Å². The molecule has 1 N–H and O–H groups in total. The largest absolute Gasteiger partial charge is 0.356 e. The zero-order valence-corrected chi connectivity index (χ0v) is 15.3. The third-order valence-corrected chi connectivity index (χ3v) is 4.76. The molecule has 134 valence electrons. The lowest BCUT2D eigenvalue weighted by atomic mass is 9.96. The number of nitrogens with zero attached hydrogens (tertiary/aromatic N) is 2. The normalized spacial score (nSPS) is 18.8. The van der Waals surface area contributed by atoms with Crippen LogP contribution in [0.25, 0.3) is 0 Å². The number of likely N-dealkylation sites (tertiary alicyclic amines) is 1. The van der Waals surface area contributed by atoms with Crippen molar-refractivity contribution in [3.8, 4) is 0 Å². The van der Waals surface area contributed by atoms with E-state index in [2.05, 4.69) is 15.1 Å². The van der Waals surface area contributed by atoms with Gasteiger partial charge in [-0.3, -0.25) is 9.69 Å². The second-order valence-corrected chi connectivity index (χ2v) is 7.13. The van der Waals surface area contributed by atoms with Crippen molar-refractivity contribution in [3.05, 3.63) is 34.6 Å². The average Bonchev–Trinajstić information content (AvgIpc) is 2.55. The first-order valence-corrected chi connectivity index (χ1v) is 8.93. The van der Waals surface area contributed by atoms with Crippen molar-refractivity contribution in [3.63, 3.8) is 0 Å². The van der Waals surface area contributed by atoms with E-state index in [1.54, 1.807) is 12.1 Å². The topological polar surface area (TPSA) is 35.6 Å². The fraction of sp³-hybridized carbons (Fsp3) is 0.611. The highest BCUT2D eigenvalue weighted by atomic mass is 35.5. The summed E-state index contributed by atoms with van der Waals surface area (Å²) in [5, 5.41) is 3.47. The van der Waals surface area contributed by atoms with Crippen LogP contribution in [0.1, 0.15) is 24.8 Å². The molecule has 1 aliphatic rings. The molecule has 1 atom stereocenters. The second-order valence-electron chi connectivity index (χ2n) is 6.72. The lowest BCUT2D eigenvalue weighted by Gasteiger charge is -2.32. The number of amides is 1. The van der Waals surface area contributed by atoms with Crippen LogP contribution in [0.5, 0.6) is 0 Å². The maximum absolute atomic E-state index is 13.9. The Hall–Kier alpha value is -1.17. The Balaban J connectivity index is 1.84.